The van der Waals surface area contributed by atoms with E-state index in [-0.39, 0.29) is 29.6 Å². The van der Waals surface area contributed by atoms with Crippen LogP contribution in [0.25, 0.3) is 0 Å². The number of benzene rings is 2. The molecule has 7 nitrogen and oxygen atoms in total. The maximum absolute atomic E-state index is 12.4. The molecule has 0 spiro atoms. The summed E-state index contributed by atoms with van der Waals surface area (Å²) in [5, 5.41) is 7.85. The number of nitrogens with two attached hydrogens (primary N) is 1. The van der Waals surface area contributed by atoms with Gasteiger partial charge in [0.2, 0.25) is 15.9 Å². The van der Waals surface area contributed by atoms with Crippen LogP contribution in [-0.4, -0.2) is 45.0 Å². The molecule has 8 heteroatoms. The Kier molecular flexibility index (Phi) is 5.91. The standard InChI is InChI=1S/C19H23N3O4S/c1-14-11-22(12-18(26-14)15-5-3-2-4-6-15)13-19(23)21-16-7-9-17(10-8-16)27(20,24)25/h2-10,14,18H,11-13H2,1H3,(H,21,23)(H2,20,24,25). The van der Waals surface area contributed by atoms with E-state index in [0.29, 0.717) is 18.8 Å². The molecule has 2 aromatic rings. The van der Waals surface area contributed by atoms with Crippen molar-refractivity contribution >= 4 is 21.6 Å². The molecule has 27 heavy (non-hydrogen) atoms. The van der Waals surface area contributed by atoms with E-state index < -0.39 is 10.0 Å². The number of carbonyl (C=O) groups excluding carboxylic acids is 1. The first-order chi connectivity index (χ1) is 12.8. The van der Waals surface area contributed by atoms with Gasteiger partial charge in [0.25, 0.3) is 0 Å². The van der Waals surface area contributed by atoms with Crippen molar-refractivity contribution in [1.82, 2.24) is 4.90 Å². The number of nitrogens with one attached hydrogen (secondary N) is 1. The molecule has 0 saturated carbocycles. The molecule has 3 N–H and O–H groups in total. The van der Waals surface area contributed by atoms with Crippen LogP contribution in [0.4, 0.5) is 5.69 Å². The third kappa shape index (κ3) is 5.36. The van der Waals surface area contributed by atoms with E-state index in [1.165, 1.54) is 24.3 Å². The number of hydrogen-bond donors (Lipinski definition) is 2. The van der Waals surface area contributed by atoms with E-state index in [4.69, 9.17) is 9.88 Å². The van der Waals surface area contributed by atoms with Crippen molar-refractivity contribution in [2.75, 3.05) is 25.0 Å². The Morgan fingerprint density at radius 3 is 2.44 bits per heavy atom. The largest absolute Gasteiger partial charge is 0.368 e. The predicted octanol–water partition coefficient (Wildman–Crippen LogP) is 1.73. The molecule has 0 aromatic heterocycles. The number of rotatable bonds is 5. The lowest BCUT2D eigenvalue weighted by molar-refractivity contribution is -0.122. The fourth-order valence-corrected chi connectivity index (χ4v) is 3.67. The number of anilines is 1. The van der Waals surface area contributed by atoms with Crippen molar-refractivity contribution in [3.8, 4) is 0 Å². The molecule has 0 bridgehead atoms. The molecule has 1 amide bonds. The smallest absolute Gasteiger partial charge is 0.238 e. The van der Waals surface area contributed by atoms with Crippen molar-refractivity contribution in [2.24, 2.45) is 5.14 Å². The van der Waals surface area contributed by atoms with Crippen LogP contribution in [0.3, 0.4) is 0 Å². The van der Waals surface area contributed by atoms with Gasteiger partial charge in [0.05, 0.1) is 23.6 Å². The zero-order chi connectivity index (χ0) is 19.4. The molecular formula is C19H23N3O4S. The molecule has 1 aliphatic heterocycles. The van der Waals surface area contributed by atoms with Gasteiger partial charge in [-0.3, -0.25) is 9.69 Å². The molecule has 0 radical (unpaired) electrons. The van der Waals surface area contributed by atoms with Gasteiger partial charge in [-0.25, -0.2) is 13.6 Å². The van der Waals surface area contributed by atoms with Gasteiger partial charge in [-0.1, -0.05) is 30.3 Å². The van der Waals surface area contributed by atoms with E-state index in [1.807, 2.05) is 37.3 Å². The van der Waals surface area contributed by atoms with Crippen molar-refractivity contribution < 1.29 is 17.9 Å². The Morgan fingerprint density at radius 1 is 1.15 bits per heavy atom. The van der Waals surface area contributed by atoms with Gasteiger partial charge in [0.1, 0.15) is 0 Å². The van der Waals surface area contributed by atoms with Gasteiger partial charge in [-0.15, -0.1) is 0 Å². The maximum atomic E-state index is 12.4. The molecule has 2 aromatic carbocycles. The van der Waals surface area contributed by atoms with Crippen LogP contribution in [-0.2, 0) is 19.6 Å². The fraction of sp³-hybridized carbons (Fsp3) is 0.316. The van der Waals surface area contributed by atoms with E-state index >= 15 is 0 Å². The Bertz CT molecular complexity index is 885. The van der Waals surface area contributed by atoms with Crippen LogP contribution in [0, 0.1) is 0 Å². The number of sulfonamides is 1. The summed E-state index contributed by atoms with van der Waals surface area (Å²) < 4.78 is 28.6. The summed E-state index contributed by atoms with van der Waals surface area (Å²) >= 11 is 0. The summed E-state index contributed by atoms with van der Waals surface area (Å²) in [4.78, 5) is 14.4. The summed E-state index contributed by atoms with van der Waals surface area (Å²) in [5.41, 5.74) is 1.61. The van der Waals surface area contributed by atoms with Crippen molar-refractivity contribution in [3.63, 3.8) is 0 Å². The van der Waals surface area contributed by atoms with E-state index in [1.54, 1.807) is 0 Å². The lowest BCUT2D eigenvalue weighted by atomic mass is 10.1. The summed E-state index contributed by atoms with van der Waals surface area (Å²) in [6.45, 7) is 3.52. The number of morpholine rings is 1. The van der Waals surface area contributed by atoms with Gasteiger partial charge in [-0.05, 0) is 36.8 Å². The second-order valence-corrected chi connectivity index (χ2v) is 8.22. The number of primary sulfonamides is 1. The van der Waals surface area contributed by atoms with Crippen molar-refractivity contribution in [3.05, 3.63) is 60.2 Å². The van der Waals surface area contributed by atoms with Gasteiger partial charge in [-0.2, -0.15) is 0 Å². The third-order valence-corrected chi connectivity index (χ3v) is 5.27. The highest BCUT2D eigenvalue weighted by molar-refractivity contribution is 7.89. The molecule has 1 fully saturated rings. The zero-order valence-electron chi connectivity index (χ0n) is 15.0. The molecule has 2 atom stereocenters. The van der Waals surface area contributed by atoms with Crippen LogP contribution in [0.15, 0.2) is 59.5 Å². The number of carbonyl (C=O) groups is 1. The minimum absolute atomic E-state index is 0.00760. The zero-order valence-corrected chi connectivity index (χ0v) is 15.9. The maximum Gasteiger partial charge on any atom is 0.238 e. The SMILES string of the molecule is CC1CN(CC(=O)Nc2ccc(S(N)(=O)=O)cc2)CC(c2ccccc2)O1. The normalized spacial score (nSPS) is 21.0. The Morgan fingerprint density at radius 2 is 1.81 bits per heavy atom. The fourth-order valence-electron chi connectivity index (χ4n) is 3.15. The summed E-state index contributed by atoms with van der Waals surface area (Å²) in [7, 11) is -3.74. The van der Waals surface area contributed by atoms with Gasteiger partial charge >= 0.3 is 0 Å². The van der Waals surface area contributed by atoms with Crippen molar-refractivity contribution in [1.29, 1.82) is 0 Å². The summed E-state index contributed by atoms with van der Waals surface area (Å²) in [5.74, 6) is -0.167. The first-order valence-electron chi connectivity index (χ1n) is 8.67. The number of nitrogens with zero attached hydrogens (tertiary/aromatic N) is 1. The highest BCUT2D eigenvalue weighted by Crippen LogP contribution is 2.25. The minimum atomic E-state index is -3.74. The Labute approximate surface area is 159 Å². The average molecular weight is 389 g/mol. The first kappa shape index (κ1) is 19.5. The molecule has 0 aliphatic carbocycles. The molecule has 3 rings (SSSR count). The first-order valence-corrected chi connectivity index (χ1v) is 10.2. The average Bonchev–Trinajstić information content (AvgIpc) is 2.61. The van der Waals surface area contributed by atoms with E-state index in [2.05, 4.69) is 10.2 Å². The third-order valence-electron chi connectivity index (χ3n) is 4.34. The van der Waals surface area contributed by atoms with Crippen molar-refractivity contribution in [2.45, 2.75) is 24.0 Å². The van der Waals surface area contributed by atoms with Crippen LogP contribution in [0.2, 0.25) is 0 Å². The number of amides is 1. The van der Waals surface area contributed by atoms with E-state index in [9.17, 15) is 13.2 Å². The second-order valence-electron chi connectivity index (χ2n) is 6.66. The molecule has 2 unspecified atom stereocenters. The van der Waals surface area contributed by atoms with Gasteiger partial charge in [0, 0.05) is 18.8 Å². The topological polar surface area (TPSA) is 102 Å². The monoisotopic (exact) mass is 389 g/mol. The van der Waals surface area contributed by atoms with Crippen LogP contribution >= 0.6 is 0 Å². The number of hydrogen-bond acceptors (Lipinski definition) is 5. The molecule has 1 saturated heterocycles. The molecule has 1 aliphatic rings. The van der Waals surface area contributed by atoms with Gasteiger partial charge < -0.3 is 10.1 Å². The lowest BCUT2D eigenvalue weighted by Crippen LogP contribution is -2.46. The molecule has 144 valence electrons. The number of ether oxygens (including phenoxy) is 1. The van der Waals surface area contributed by atoms with Gasteiger partial charge in [0.15, 0.2) is 0 Å². The van der Waals surface area contributed by atoms with Crippen LogP contribution < -0.4 is 10.5 Å². The Hall–Kier alpha value is -2.26. The van der Waals surface area contributed by atoms with Crippen LogP contribution in [0.1, 0.15) is 18.6 Å². The van der Waals surface area contributed by atoms with E-state index in [0.717, 1.165) is 5.56 Å². The summed E-state index contributed by atoms with van der Waals surface area (Å²) in [6.07, 6.45) is -0.0532. The quantitative estimate of drug-likeness (QED) is 0.811. The Balaban J connectivity index is 1.60. The van der Waals surface area contributed by atoms with Crippen LogP contribution in [0.5, 0.6) is 0 Å². The lowest BCUT2D eigenvalue weighted by Gasteiger charge is -2.36. The minimum Gasteiger partial charge on any atom is -0.368 e. The molecular weight excluding hydrogens is 366 g/mol. The molecule has 1 heterocycles. The highest BCUT2D eigenvalue weighted by Gasteiger charge is 2.27. The second kappa shape index (κ2) is 8.18. The predicted molar refractivity (Wildman–Crippen MR) is 103 cm³/mol. The highest BCUT2D eigenvalue weighted by atomic mass is 32.2. The summed E-state index contributed by atoms with van der Waals surface area (Å²) in [6, 6.07) is 15.7.